The summed E-state index contributed by atoms with van der Waals surface area (Å²) >= 11 is 0. The quantitative estimate of drug-likeness (QED) is 0.673. The maximum atomic E-state index is 10.8. The lowest BCUT2D eigenvalue weighted by Gasteiger charge is -2.23. The van der Waals surface area contributed by atoms with Crippen LogP contribution in [-0.4, -0.2) is 12.1 Å². The van der Waals surface area contributed by atoms with Crippen LogP contribution in [0.5, 0.6) is 0 Å². The molecule has 0 aliphatic carbocycles. The molecule has 0 amide bonds. The zero-order valence-electron chi connectivity index (χ0n) is 9.37. The largest absolute Gasteiger partial charge is 0.785 e. The average Bonchev–Trinajstić information content (AvgIpc) is 2.02. The first-order chi connectivity index (χ1) is 6.39. The summed E-state index contributed by atoms with van der Waals surface area (Å²) < 4.78 is 0. The number of nitrogens with zero attached hydrogens (tertiary/aromatic N) is 1. The van der Waals surface area contributed by atoms with Gasteiger partial charge in [-0.15, -0.1) is 0 Å². The second kappa shape index (κ2) is 4.11. The highest BCUT2D eigenvalue weighted by atomic mass is 16.5. The molecule has 0 atom stereocenters. The fourth-order valence-electron chi connectivity index (χ4n) is 1.37. The van der Waals surface area contributed by atoms with Crippen molar-refractivity contribution >= 4 is 0 Å². The van der Waals surface area contributed by atoms with Gasteiger partial charge in [0.1, 0.15) is 0 Å². The third-order valence-electron chi connectivity index (χ3n) is 2.23. The minimum atomic E-state index is 0.182. The molecule has 2 nitrogen and oxygen atoms in total. The van der Waals surface area contributed by atoms with Crippen molar-refractivity contribution in [3.8, 4) is 0 Å². The molecular weight excluding hydrogens is 174 g/mol. The van der Waals surface area contributed by atoms with Gasteiger partial charge in [-0.25, -0.2) is 0 Å². The van der Waals surface area contributed by atoms with E-state index in [9.17, 15) is 5.21 Å². The van der Waals surface area contributed by atoms with Crippen LogP contribution >= 0.6 is 0 Å². The molecule has 2 heteroatoms. The van der Waals surface area contributed by atoms with E-state index in [0.717, 1.165) is 10.6 Å². The Kier molecular flexibility index (Phi) is 3.29. The van der Waals surface area contributed by atoms with Crippen LogP contribution in [0.15, 0.2) is 24.3 Å². The molecular formula is C12H18NO-. The molecule has 1 rings (SSSR count). The van der Waals surface area contributed by atoms with E-state index in [1.54, 1.807) is 0 Å². The maximum Gasteiger partial charge on any atom is 0.0112 e. The first kappa shape index (κ1) is 11.2. The predicted molar refractivity (Wildman–Crippen MR) is 60.0 cm³/mol. The van der Waals surface area contributed by atoms with E-state index in [0.29, 0.717) is 6.54 Å². The monoisotopic (exact) mass is 192 g/mol. The second-order valence-corrected chi connectivity index (χ2v) is 4.73. The molecule has 0 aromatic heterocycles. The van der Waals surface area contributed by atoms with Crippen LogP contribution in [0.1, 0.15) is 31.9 Å². The lowest BCUT2D eigenvalue weighted by atomic mass is 9.87. The van der Waals surface area contributed by atoms with E-state index in [1.807, 2.05) is 12.1 Å². The summed E-state index contributed by atoms with van der Waals surface area (Å²) in [6.45, 7) is 7.01. The molecule has 0 aliphatic heterocycles. The zero-order chi connectivity index (χ0) is 10.8. The SMILES string of the molecule is CN([O-])Cc1ccc(C(C)(C)C)cc1. The van der Waals surface area contributed by atoms with Gasteiger partial charge >= 0.3 is 0 Å². The van der Waals surface area contributed by atoms with Gasteiger partial charge in [-0.1, -0.05) is 45.0 Å². The fourth-order valence-corrected chi connectivity index (χ4v) is 1.37. The van der Waals surface area contributed by atoms with E-state index in [1.165, 1.54) is 12.6 Å². The number of hydrogen-bond acceptors (Lipinski definition) is 2. The first-order valence-corrected chi connectivity index (χ1v) is 4.87. The molecule has 0 N–H and O–H groups in total. The Morgan fingerprint density at radius 3 is 2.00 bits per heavy atom. The fraction of sp³-hybridized carbons (Fsp3) is 0.500. The summed E-state index contributed by atoms with van der Waals surface area (Å²) in [5.74, 6) is 0. The molecule has 0 aliphatic rings. The molecule has 1 aromatic rings. The molecule has 78 valence electrons. The normalized spacial score (nSPS) is 12.1. The van der Waals surface area contributed by atoms with Crippen LogP contribution in [0, 0.1) is 5.21 Å². The molecule has 0 saturated carbocycles. The average molecular weight is 192 g/mol. The lowest BCUT2D eigenvalue weighted by molar-refractivity contribution is 0.453. The van der Waals surface area contributed by atoms with Gasteiger partial charge in [0, 0.05) is 6.54 Å². The van der Waals surface area contributed by atoms with Crippen LogP contribution in [-0.2, 0) is 12.0 Å². The third-order valence-corrected chi connectivity index (χ3v) is 2.23. The summed E-state index contributed by atoms with van der Waals surface area (Å²) in [7, 11) is 1.54. The maximum absolute atomic E-state index is 10.8. The van der Waals surface area contributed by atoms with Gasteiger partial charge in [-0.2, -0.15) is 0 Å². The molecule has 0 fully saturated rings. The number of rotatable bonds is 2. The zero-order valence-corrected chi connectivity index (χ0v) is 9.37. The lowest BCUT2D eigenvalue weighted by Crippen LogP contribution is -2.12. The minimum Gasteiger partial charge on any atom is -0.785 e. The van der Waals surface area contributed by atoms with E-state index in [2.05, 4.69) is 32.9 Å². The van der Waals surface area contributed by atoms with Gasteiger partial charge in [0.05, 0.1) is 0 Å². The summed E-state index contributed by atoms with van der Waals surface area (Å²) in [5.41, 5.74) is 2.55. The van der Waals surface area contributed by atoms with Crippen LogP contribution in [0.4, 0.5) is 0 Å². The van der Waals surface area contributed by atoms with Crippen molar-refractivity contribution in [3.05, 3.63) is 40.6 Å². The van der Waals surface area contributed by atoms with Gasteiger partial charge in [0.15, 0.2) is 0 Å². The number of hydroxylamine groups is 2. The topological polar surface area (TPSA) is 26.3 Å². The minimum absolute atomic E-state index is 0.182. The van der Waals surface area contributed by atoms with E-state index < -0.39 is 0 Å². The van der Waals surface area contributed by atoms with Crippen molar-refractivity contribution in [1.29, 1.82) is 0 Å². The van der Waals surface area contributed by atoms with Crippen molar-refractivity contribution in [1.82, 2.24) is 5.06 Å². The van der Waals surface area contributed by atoms with Crippen molar-refractivity contribution in [2.75, 3.05) is 7.05 Å². The van der Waals surface area contributed by atoms with Gasteiger partial charge in [-0.05, 0) is 23.6 Å². The number of hydrogen-bond donors (Lipinski definition) is 0. The van der Waals surface area contributed by atoms with Gasteiger partial charge in [0.25, 0.3) is 0 Å². The molecule has 0 saturated heterocycles. The highest BCUT2D eigenvalue weighted by molar-refractivity contribution is 5.27. The van der Waals surface area contributed by atoms with Crippen molar-refractivity contribution in [2.24, 2.45) is 0 Å². The van der Waals surface area contributed by atoms with E-state index in [-0.39, 0.29) is 5.41 Å². The highest BCUT2D eigenvalue weighted by Crippen LogP contribution is 2.22. The Bertz CT molecular complexity index is 282. The Morgan fingerprint density at radius 1 is 1.14 bits per heavy atom. The molecule has 0 radical (unpaired) electrons. The summed E-state index contributed by atoms with van der Waals surface area (Å²) in [6.07, 6.45) is 0. The van der Waals surface area contributed by atoms with Gasteiger partial charge in [0.2, 0.25) is 0 Å². The van der Waals surface area contributed by atoms with E-state index in [4.69, 9.17) is 0 Å². The molecule has 14 heavy (non-hydrogen) atoms. The van der Waals surface area contributed by atoms with Crippen LogP contribution < -0.4 is 0 Å². The second-order valence-electron chi connectivity index (χ2n) is 4.73. The predicted octanol–water partition coefficient (Wildman–Crippen LogP) is 2.91. The Hall–Kier alpha value is -0.860. The Balaban J connectivity index is 2.79. The van der Waals surface area contributed by atoms with Crippen molar-refractivity contribution in [3.63, 3.8) is 0 Å². The molecule has 0 unspecified atom stereocenters. The molecule has 1 aromatic carbocycles. The Labute approximate surface area is 86.1 Å². The number of benzene rings is 1. The van der Waals surface area contributed by atoms with Crippen molar-refractivity contribution in [2.45, 2.75) is 32.7 Å². The summed E-state index contributed by atoms with van der Waals surface area (Å²) in [6, 6.07) is 8.24. The first-order valence-electron chi connectivity index (χ1n) is 4.87. The van der Waals surface area contributed by atoms with Crippen LogP contribution in [0.3, 0.4) is 0 Å². The molecule has 0 spiro atoms. The summed E-state index contributed by atoms with van der Waals surface area (Å²) in [5, 5.41) is 11.7. The van der Waals surface area contributed by atoms with E-state index >= 15 is 0 Å². The smallest absolute Gasteiger partial charge is 0.0112 e. The molecule has 0 bridgehead atoms. The van der Waals surface area contributed by atoms with Crippen LogP contribution in [0.2, 0.25) is 0 Å². The van der Waals surface area contributed by atoms with Gasteiger partial charge in [-0.3, -0.25) is 0 Å². The standard InChI is InChI=1S/C12H18NO/c1-12(2,3)11-7-5-10(6-8-11)9-13(4)14/h5-8H,9H2,1-4H3/q-1. The summed E-state index contributed by atoms with van der Waals surface area (Å²) in [4.78, 5) is 0. The van der Waals surface area contributed by atoms with Crippen LogP contribution in [0.25, 0.3) is 0 Å². The van der Waals surface area contributed by atoms with Gasteiger partial charge < -0.3 is 10.3 Å². The third kappa shape index (κ3) is 3.13. The highest BCUT2D eigenvalue weighted by Gasteiger charge is 2.12. The Morgan fingerprint density at radius 2 is 1.64 bits per heavy atom. The van der Waals surface area contributed by atoms with Crippen molar-refractivity contribution < 1.29 is 0 Å². The molecule has 0 heterocycles.